The Bertz CT molecular complexity index is 690. The molecule has 2 aromatic heterocycles. The first-order chi connectivity index (χ1) is 8.77. The minimum atomic E-state index is -0.265. The molecule has 90 valence electrons. The number of fused-ring (bicyclic) bond motifs is 1. The largest absolute Gasteiger partial charge is 0.320 e. The normalized spacial score (nSPS) is 12.8. The summed E-state index contributed by atoms with van der Waals surface area (Å²) >= 11 is 6.18. The molecule has 3 aromatic rings. The van der Waals surface area contributed by atoms with Crippen LogP contribution >= 0.6 is 11.6 Å². The van der Waals surface area contributed by atoms with Crippen molar-refractivity contribution in [3.8, 4) is 0 Å². The van der Waals surface area contributed by atoms with Crippen LogP contribution in [0.3, 0.4) is 0 Å². The van der Waals surface area contributed by atoms with Gasteiger partial charge >= 0.3 is 0 Å². The zero-order valence-corrected chi connectivity index (χ0v) is 10.4. The van der Waals surface area contributed by atoms with E-state index in [-0.39, 0.29) is 6.04 Å². The molecule has 1 atom stereocenters. The van der Waals surface area contributed by atoms with Gasteiger partial charge in [-0.1, -0.05) is 35.9 Å². The predicted octanol–water partition coefficient (Wildman–Crippen LogP) is 3.04. The summed E-state index contributed by atoms with van der Waals surface area (Å²) in [7, 11) is 0. The van der Waals surface area contributed by atoms with Crippen LogP contribution < -0.4 is 5.73 Å². The average Bonchev–Trinajstić information content (AvgIpc) is 2.82. The fourth-order valence-corrected chi connectivity index (χ4v) is 2.34. The number of hydrogen-bond donors (Lipinski definition) is 1. The van der Waals surface area contributed by atoms with Gasteiger partial charge in [0.2, 0.25) is 0 Å². The topological polar surface area (TPSA) is 43.3 Å². The molecule has 0 aliphatic carbocycles. The van der Waals surface area contributed by atoms with Gasteiger partial charge in [0, 0.05) is 16.8 Å². The van der Waals surface area contributed by atoms with Crippen LogP contribution in [0, 0.1) is 0 Å². The van der Waals surface area contributed by atoms with Crippen molar-refractivity contribution in [2.24, 2.45) is 5.73 Å². The quantitative estimate of drug-likeness (QED) is 0.767. The van der Waals surface area contributed by atoms with Gasteiger partial charge in [0.15, 0.2) is 0 Å². The second kappa shape index (κ2) is 4.44. The van der Waals surface area contributed by atoms with Crippen LogP contribution in [0.1, 0.15) is 17.2 Å². The number of halogens is 1. The molecule has 0 saturated heterocycles. The van der Waals surface area contributed by atoms with Gasteiger partial charge in [-0.3, -0.25) is 0 Å². The average molecular weight is 258 g/mol. The summed E-state index contributed by atoms with van der Waals surface area (Å²) in [5.74, 6) is 0. The molecule has 3 nitrogen and oxygen atoms in total. The zero-order chi connectivity index (χ0) is 12.5. The molecule has 1 aromatic carbocycles. The van der Waals surface area contributed by atoms with E-state index >= 15 is 0 Å². The number of aromatic nitrogens is 2. The van der Waals surface area contributed by atoms with Gasteiger partial charge in [0.25, 0.3) is 0 Å². The summed E-state index contributed by atoms with van der Waals surface area (Å²) in [6.45, 7) is 0. The monoisotopic (exact) mass is 257 g/mol. The molecule has 0 aliphatic rings. The Hall–Kier alpha value is -1.84. The van der Waals surface area contributed by atoms with Gasteiger partial charge in [-0.2, -0.15) is 5.10 Å². The molecule has 0 aliphatic heterocycles. The SMILES string of the molecule is NC(c1ccccc1Cl)c1cnn2ccccc12. The fraction of sp³-hybridized carbons (Fsp3) is 0.0714. The molecule has 3 rings (SSSR count). The Morgan fingerprint density at radius 2 is 1.83 bits per heavy atom. The van der Waals surface area contributed by atoms with E-state index in [0.717, 1.165) is 16.6 Å². The van der Waals surface area contributed by atoms with Gasteiger partial charge in [-0.25, -0.2) is 4.52 Å². The molecule has 2 heterocycles. The highest BCUT2D eigenvalue weighted by Gasteiger charge is 2.16. The van der Waals surface area contributed by atoms with Crippen molar-refractivity contribution in [2.45, 2.75) is 6.04 Å². The van der Waals surface area contributed by atoms with E-state index in [2.05, 4.69) is 5.10 Å². The molecule has 0 radical (unpaired) electrons. The molecular formula is C14H12ClN3. The summed E-state index contributed by atoms with van der Waals surface area (Å²) in [4.78, 5) is 0. The van der Waals surface area contributed by atoms with Crippen LogP contribution in [-0.4, -0.2) is 9.61 Å². The first kappa shape index (κ1) is 11.3. The minimum Gasteiger partial charge on any atom is -0.320 e. The molecule has 0 amide bonds. The van der Waals surface area contributed by atoms with Gasteiger partial charge < -0.3 is 5.73 Å². The zero-order valence-electron chi connectivity index (χ0n) is 9.62. The lowest BCUT2D eigenvalue weighted by atomic mass is 10.0. The van der Waals surface area contributed by atoms with Crippen LogP contribution in [0.15, 0.2) is 54.9 Å². The Kier molecular flexibility index (Phi) is 2.78. The van der Waals surface area contributed by atoms with Crippen LogP contribution in [-0.2, 0) is 0 Å². The lowest BCUT2D eigenvalue weighted by Gasteiger charge is -2.12. The smallest absolute Gasteiger partial charge is 0.0712 e. The third-order valence-electron chi connectivity index (χ3n) is 3.03. The van der Waals surface area contributed by atoms with Gasteiger partial charge in [0.05, 0.1) is 17.8 Å². The van der Waals surface area contributed by atoms with E-state index in [4.69, 9.17) is 17.3 Å². The molecule has 4 heteroatoms. The summed E-state index contributed by atoms with van der Waals surface area (Å²) in [5.41, 5.74) is 9.18. The molecule has 0 spiro atoms. The second-order valence-electron chi connectivity index (χ2n) is 4.13. The van der Waals surface area contributed by atoms with Crippen molar-refractivity contribution < 1.29 is 0 Å². The van der Waals surface area contributed by atoms with Gasteiger partial charge in [-0.05, 0) is 23.8 Å². The summed E-state index contributed by atoms with van der Waals surface area (Å²) in [6.07, 6.45) is 3.70. The Morgan fingerprint density at radius 1 is 1.06 bits per heavy atom. The number of nitrogens with two attached hydrogens (primary N) is 1. The van der Waals surface area contributed by atoms with Crippen molar-refractivity contribution in [1.82, 2.24) is 9.61 Å². The predicted molar refractivity (Wildman–Crippen MR) is 72.7 cm³/mol. The number of pyridine rings is 1. The fourth-order valence-electron chi connectivity index (χ4n) is 2.09. The van der Waals surface area contributed by atoms with E-state index < -0.39 is 0 Å². The van der Waals surface area contributed by atoms with Crippen LogP contribution in [0.5, 0.6) is 0 Å². The second-order valence-corrected chi connectivity index (χ2v) is 4.54. The highest BCUT2D eigenvalue weighted by Crippen LogP contribution is 2.28. The first-order valence-corrected chi connectivity index (χ1v) is 6.07. The summed E-state index contributed by atoms with van der Waals surface area (Å²) < 4.78 is 1.81. The van der Waals surface area contributed by atoms with Crippen LogP contribution in [0.2, 0.25) is 5.02 Å². The third kappa shape index (κ3) is 1.78. The highest BCUT2D eigenvalue weighted by molar-refractivity contribution is 6.31. The van der Waals surface area contributed by atoms with E-state index in [9.17, 15) is 0 Å². The minimum absolute atomic E-state index is 0.265. The molecule has 2 N–H and O–H groups in total. The van der Waals surface area contributed by atoms with E-state index in [1.165, 1.54) is 0 Å². The van der Waals surface area contributed by atoms with Crippen molar-refractivity contribution in [2.75, 3.05) is 0 Å². The highest BCUT2D eigenvalue weighted by atomic mass is 35.5. The molecule has 0 bridgehead atoms. The maximum Gasteiger partial charge on any atom is 0.0712 e. The maximum absolute atomic E-state index is 6.29. The van der Waals surface area contributed by atoms with E-state index in [0.29, 0.717) is 5.02 Å². The van der Waals surface area contributed by atoms with Gasteiger partial charge in [-0.15, -0.1) is 0 Å². The van der Waals surface area contributed by atoms with Crippen molar-refractivity contribution >= 4 is 17.1 Å². The molecule has 1 unspecified atom stereocenters. The van der Waals surface area contributed by atoms with Crippen molar-refractivity contribution in [1.29, 1.82) is 0 Å². The molecule has 0 saturated carbocycles. The van der Waals surface area contributed by atoms with Crippen LogP contribution in [0.4, 0.5) is 0 Å². The number of hydrogen-bond acceptors (Lipinski definition) is 2. The Labute approximate surface area is 110 Å². The molecular weight excluding hydrogens is 246 g/mol. The Balaban J connectivity index is 2.13. The molecule has 18 heavy (non-hydrogen) atoms. The third-order valence-corrected chi connectivity index (χ3v) is 3.38. The van der Waals surface area contributed by atoms with E-state index in [1.807, 2.05) is 53.2 Å². The lowest BCUT2D eigenvalue weighted by molar-refractivity contribution is 0.880. The lowest BCUT2D eigenvalue weighted by Crippen LogP contribution is -2.12. The Morgan fingerprint density at radius 3 is 2.67 bits per heavy atom. The summed E-state index contributed by atoms with van der Waals surface area (Å²) in [6, 6.07) is 13.3. The standard InChI is InChI=1S/C14H12ClN3/c15-12-6-2-1-5-10(12)14(16)11-9-17-18-8-4-3-7-13(11)18/h1-9,14H,16H2. The molecule has 0 fully saturated rings. The van der Waals surface area contributed by atoms with Crippen molar-refractivity contribution in [3.05, 3.63) is 71.0 Å². The van der Waals surface area contributed by atoms with Crippen molar-refractivity contribution in [3.63, 3.8) is 0 Å². The van der Waals surface area contributed by atoms with E-state index in [1.54, 1.807) is 6.20 Å². The number of benzene rings is 1. The van der Waals surface area contributed by atoms with Crippen LogP contribution in [0.25, 0.3) is 5.52 Å². The summed E-state index contributed by atoms with van der Waals surface area (Å²) in [5, 5.41) is 4.97. The number of rotatable bonds is 2. The first-order valence-electron chi connectivity index (χ1n) is 5.69. The number of nitrogens with zero attached hydrogens (tertiary/aromatic N) is 2. The van der Waals surface area contributed by atoms with Gasteiger partial charge in [0.1, 0.15) is 0 Å². The maximum atomic E-state index is 6.29.